The van der Waals surface area contributed by atoms with E-state index in [4.69, 9.17) is 0 Å². The van der Waals surface area contributed by atoms with Gasteiger partial charge in [-0.05, 0) is 27.9 Å². The molecule has 0 spiro atoms. The Morgan fingerprint density at radius 2 is 2.04 bits per heavy atom. The first-order chi connectivity index (χ1) is 10.5. The number of halogens is 1. The minimum absolute atomic E-state index is 0. The molecule has 0 bridgehead atoms. The molecular weight excluding hydrogens is 423 g/mol. The van der Waals surface area contributed by atoms with E-state index < -0.39 is 0 Å². The number of guanidine groups is 1. The number of hydrogen-bond acceptors (Lipinski definition) is 5. The van der Waals surface area contributed by atoms with Gasteiger partial charge in [-0.3, -0.25) is 9.89 Å². The van der Waals surface area contributed by atoms with Crippen LogP contribution in [0.25, 0.3) is 0 Å². The average Bonchev–Trinajstić information content (AvgIpc) is 2.81. The lowest BCUT2D eigenvalue weighted by atomic mass is 10.2. The molecule has 1 aliphatic rings. The van der Waals surface area contributed by atoms with Crippen LogP contribution < -0.4 is 10.6 Å². The molecule has 132 valence electrons. The van der Waals surface area contributed by atoms with Gasteiger partial charge in [0.25, 0.3) is 0 Å². The highest BCUT2D eigenvalue weighted by Crippen LogP contribution is 2.15. The number of hydrogen-bond donors (Lipinski definition) is 2. The summed E-state index contributed by atoms with van der Waals surface area (Å²) in [6.45, 7) is 9.13. The summed E-state index contributed by atoms with van der Waals surface area (Å²) in [6.07, 6.45) is 0. The van der Waals surface area contributed by atoms with Gasteiger partial charge in [-0.25, -0.2) is 4.98 Å². The maximum Gasteiger partial charge on any atom is 0.191 e. The van der Waals surface area contributed by atoms with Gasteiger partial charge in [0, 0.05) is 44.1 Å². The van der Waals surface area contributed by atoms with E-state index in [1.54, 1.807) is 11.3 Å². The lowest BCUT2D eigenvalue weighted by molar-refractivity contribution is 0.116. The summed E-state index contributed by atoms with van der Waals surface area (Å²) in [4.78, 5) is 14.9. The molecule has 2 rings (SSSR count). The van der Waals surface area contributed by atoms with Gasteiger partial charge in [-0.15, -0.1) is 35.3 Å². The molecule has 1 aromatic heterocycles. The Kier molecular flexibility index (Phi) is 8.73. The van der Waals surface area contributed by atoms with Crippen molar-refractivity contribution < 1.29 is 0 Å². The topological polar surface area (TPSA) is 55.8 Å². The zero-order valence-corrected chi connectivity index (χ0v) is 17.9. The fraction of sp³-hybridized carbons (Fsp3) is 0.733. The van der Waals surface area contributed by atoms with Gasteiger partial charge in [0.15, 0.2) is 5.96 Å². The van der Waals surface area contributed by atoms with Crippen molar-refractivity contribution in [2.24, 2.45) is 4.99 Å². The molecule has 23 heavy (non-hydrogen) atoms. The first-order valence-electron chi connectivity index (χ1n) is 7.75. The molecule has 2 heterocycles. The number of aliphatic imine (C=N–C) groups is 1. The highest BCUT2D eigenvalue weighted by Gasteiger charge is 2.22. The van der Waals surface area contributed by atoms with E-state index in [-0.39, 0.29) is 24.0 Å². The summed E-state index contributed by atoms with van der Waals surface area (Å²) in [5, 5.41) is 7.88. The number of nitrogens with one attached hydrogen (secondary N) is 2. The molecule has 0 amide bonds. The minimum atomic E-state index is 0. The van der Waals surface area contributed by atoms with Crippen LogP contribution in [0, 0.1) is 13.8 Å². The SMILES string of the molecule is CN=C(NCc1nc(C)c(C)s1)NCC1CN(C)CCN1C.I. The van der Waals surface area contributed by atoms with E-state index in [1.165, 1.54) is 4.88 Å². The number of nitrogens with zero attached hydrogens (tertiary/aromatic N) is 4. The Hall–Kier alpha value is -0.450. The number of aryl methyl sites for hydroxylation is 2. The largest absolute Gasteiger partial charge is 0.355 e. The molecule has 0 aliphatic carbocycles. The van der Waals surface area contributed by atoms with Gasteiger partial charge in [-0.2, -0.15) is 0 Å². The molecule has 1 aliphatic heterocycles. The van der Waals surface area contributed by atoms with Crippen LogP contribution in [0.15, 0.2) is 4.99 Å². The Labute approximate surface area is 160 Å². The van der Waals surface area contributed by atoms with E-state index in [0.29, 0.717) is 6.04 Å². The van der Waals surface area contributed by atoms with Gasteiger partial charge >= 0.3 is 0 Å². The first-order valence-corrected chi connectivity index (χ1v) is 8.57. The zero-order chi connectivity index (χ0) is 16.1. The van der Waals surface area contributed by atoms with Gasteiger partial charge in [0.2, 0.25) is 0 Å². The Morgan fingerprint density at radius 1 is 1.30 bits per heavy atom. The van der Waals surface area contributed by atoms with Gasteiger partial charge in [0.1, 0.15) is 5.01 Å². The molecule has 0 radical (unpaired) electrons. The molecule has 1 atom stereocenters. The van der Waals surface area contributed by atoms with Crippen LogP contribution in [0.5, 0.6) is 0 Å². The summed E-state index contributed by atoms with van der Waals surface area (Å²) in [6, 6.07) is 0.515. The summed E-state index contributed by atoms with van der Waals surface area (Å²) < 4.78 is 0. The zero-order valence-electron chi connectivity index (χ0n) is 14.7. The van der Waals surface area contributed by atoms with E-state index in [0.717, 1.165) is 49.4 Å². The van der Waals surface area contributed by atoms with E-state index in [1.807, 2.05) is 7.05 Å². The second kappa shape index (κ2) is 9.75. The Bertz CT molecular complexity index is 499. The van der Waals surface area contributed by atoms with Crippen molar-refractivity contribution in [3.8, 4) is 0 Å². The van der Waals surface area contributed by atoms with Crippen LogP contribution in [-0.4, -0.2) is 74.1 Å². The van der Waals surface area contributed by atoms with Crippen LogP contribution in [0.4, 0.5) is 0 Å². The minimum Gasteiger partial charge on any atom is -0.355 e. The smallest absolute Gasteiger partial charge is 0.191 e. The maximum atomic E-state index is 4.55. The molecule has 8 heteroatoms. The summed E-state index contributed by atoms with van der Waals surface area (Å²) in [5.41, 5.74) is 1.12. The predicted octanol–water partition coefficient (Wildman–Crippen LogP) is 1.29. The third kappa shape index (κ3) is 6.17. The molecule has 1 aromatic rings. The number of thiazole rings is 1. The second-order valence-electron chi connectivity index (χ2n) is 5.95. The summed E-state index contributed by atoms with van der Waals surface area (Å²) in [5.74, 6) is 0.840. The molecule has 1 unspecified atom stereocenters. The molecule has 1 saturated heterocycles. The fourth-order valence-electron chi connectivity index (χ4n) is 2.53. The van der Waals surface area contributed by atoms with Crippen LogP contribution in [-0.2, 0) is 6.54 Å². The number of aromatic nitrogens is 1. The number of likely N-dealkylation sites (N-methyl/N-ethyl adjacent to an activating group) is 2. The van der Waals surface area contributed by atoms with Crippen LogP contribution in [0.3, 0.4) is 0 Å². The molecule has 0 saturated carbocycles. The molecule has 2 N–H and O–H groups in total. The maximum absolute atomic E-state index is 4.55. The third-order valence-corrected chi connectivity index (χ3v) is 5.26. The van der Waals surface area contributed by atoms with Crippen molar-refractivity contribution in [2.45, 2.75) is 26.4 Å². The molecule has 0 aromatic carbocycles. The Morgan fingerprint density at radius 3 is 2.65 bits per heavy atom. The van der Waals surface area contributed by atoms with Gasteiger partial charge < -0.3 is 15.5 Å². The van der Waals surface area contributed by atoms with E-state index in [2.05, 4.69) is 58.4 Å². The molecular formula is C15H29IN6S. The van der Waals surface area contributed by atoms with Crippen molar-refractivity contribution in [3.05, 3.63) is 15.6 Å². The van der Waals surface area contributed by atoms with Gasteiger partial charge in [0.05, 0.1) is 12.2 Å². The lowest BCUT2D eigenvalue weighted by Gasteiger charge is -2.37. The summed E-state index contributed by atoms with van der Waals surface area (Å²) in [7, 11) is 6.18. The van der Waals surface area contributed by atoms with E-state index in [9.17, 15) is 0 Å². The van der Waals surface area contributed by atoms with Crippen LogP contribution in [0.1, 0.15) is 15.6 Å². The molecule has 1 fully saturated rings. The highest BCUT2D eigenvalue weighted by atomic mass is 127. The normalized spacial score (nSPS) is 20.2. The highest BCUT2D eigenvalue weighted by molar-refractivity contribution is 14.0. The average molecular weight is 452 g/mol. The monoisotopic (exact) mass is 452 g/mol. The van der Waals surface area contributed by atoms with Crippen molar-refractivity contribution >= 4 is 41.3 Å². The lowest BCUT2D eigenvalue weighted by Crippen LogP contribution is -2.55. The van der Waals surface area contributed by atoms with Gasteiger partial charge in [-0.1, -0.05) is 0 Å². The van der Waals surface area contributed by atoms with E-state index >= 15 is 0 Å². The predicted molar refractivity (Wildman–Crippen MR) is 109 cm³/mol. The van der Waals surface area contributed by atoms with Crippen molar-refractivity contribution in [2.75, 3.05) is 47.3 Å². The Balaban J connectivity index is 0.00000264. The number of piperazine rings is 1. The molecule has 6 nitrogen and oxygen atoms in total. The first kappa shape index (κ1) is 20.6. The van der Waals surface area contributed by atoms with Crippen LogP contribution >= 0.6 is 35.3 Å². The third-order valence-electron chi connectivity index (χ3n) is 4.19. The van der Waals surface area contributed by atoms with Crippen LogP contribution in [0.2, 0.25) is 0 Å². The quantitative estimate of drug-likeness (QED) is 0.410. The fourth-order valence-corrected chi connectivity index (χ4v) is 3.40. The van der Waals surface area contributed by atoms with Crippen molar-refractivity contribution in [3.63, 3.8) is 0 Å². The second-order valence-corrected chi connectivity index (χ2v) is 7.24. The van der Waals surface area contributed by atoms with Crippen molar-refractivity contribution in [1.82, 2.24) is 25.4 Å². The number of rotatable bonds is 4. The summed E-state index contributed by atoms with van der Waals surface area (Å²) >= 11 is 1.74. The standard InChI is InChI=1S/C15H28N6S.HI/c1-11-12(2)22-14(19-11)9-18-15(16-3)17-8-13-10-20(4)6-7-21(13)5;/h13H,6-10H2,1-5H3,(H2,16,17,18);1H. The van der Waals surface area contributed by atoms with Crippen molar-refractivity contribution in [1.29, 1.82) is 0 Å².